The Morgan fingerprint density at radius 2 is 2.36 bits per heavy atom. The average molecular weight is 158 g/mol. The van der Waals surface area contributed by atoms with Crippen molar-refractivity contribution < 1.29 is 23.7 Å². The maximum Gasteiger partial charge on any atom is 0.346 e. The summed E-state index contributed by atoms with van der Waals surface area (Å²) in [6.45, 7) is 0. The second kappa shape index (κ2) is 1.43. The third-order valence-electron chi connectivity index (χ3n) is 2.23. The largest absolute Gasteiger partial charge is 0.467 e. The van der Waals surface area contributed by atoms with Crippen LogP contribution in [0.1, 0.15) is 0 Å². The van der Waals surface area contributed by atoms with Crippen molar-refractivity contribution in [1.29, 1.82) is 0 Å². The molecular weight excluding hydrogens is 152 g/mol. The minimum absolute atomic E-state index is 0.222. The molecular formula is C6H6O5. The number of hydrogen-bond acceptors (Lipinski definition) is 5. The third kappa shape index (κ3) is 0.483. The maximum atomic E-state index is 11.1. The van der Waals surface area contributed by atoms with Crippen LogP contribution in [0.4, 0.5) is 0 Å². The fraction of sp³-hybridized carbons (Fsp3) is 0.833. The first kappa shape index (κ1) is 5.93. The molecule has 0 aromatic carbocycles. The van der Waals surface area contributed by atoms with Crippen molar-refractivity contribution in [3.63, 3.8) is 0 Å². The molecule has 0 saturated carbocycles. The highest BCUT2D eigenvalue weighted by molar-refractivity contribution is 5.85. The molecule has 4 atom stereocenters. The molecule has 0 spiro atoms. The number of carbonyl (C=O) groups excluding carboxylic acids is 1. The van der Waals surface area contributed by atoms with E-state index in [1.54, 1.807) is 0 Å². The zero-order valence-corrected chi connectivity index (χ0v) is 5.77. The molecule has 3 heterocycles. The van der Waals surface area contributed by atoms with Gasteiger partial charge >= 0.3 is 5.97 Å². The van der Waals surface area contributed by atoms with Crippen LogP contribution < -0.4 is 0 Å². The molecule has 0 amide bonds. The van der Waals surface area contributed by atoms with Crippen molar-refractivity contribution in [1.82, 2.24) is 0 Å². The highest BCUT2D eigenvalue weighted by Gasteiger charge is 2.84. The Kier molecular flexibility index (Phi) is 0.771. The van der Waals surface area contributed by atoms with Gasteiger partial charge in [0.2, 0.25) is 11.9 Å². The first-order valence-electron chi connectivity index (χ1n) is 3.36. The second-order valence-corrected chi connectivity index (χ2v) is 2.80. The van der Waals surface area contributed by atoms with Gasteiger partial charge in [-0.1, -0.05) is 0 Å². The molecule has 0 N–H and O–H groups in total. The van der Waals surface area contributed by atoms with Gasteiger partial charge in [-0.3, -0.25) is 0 Å². The van der Waals surface area contributed by atoms with E-state index in [4.69, 9.17) is 14.2 Å². The monoisotopic (exact) mass is 158 g/mol. The zero-order chi connectivity index (χ0) is 7.64. The van der Waals surface area contributed by atoms with E-state index in [1.165, 1.54) is 7.11 Å². The van der Waals surface area contributed by atoms with Gasteiger partial charge in [-0.2, -0.15) is 0 Å². The SMILES string of the molecule is COC(=O)C12OC1OC1OC12. The number of rotatable bonds is 1. The fourth-order valence-electron chi connectivity index (χ4n) is 1.52. The Balaban J connectivity index is 1.91. The summed E-state index contributed by atoms with van der Waals surface area (Å²) in [6, 6.07) is 0. The minimum Gasteiger partial charge on any atom is -0.467 e. The van der Waals surface area contributed by atoms with Gasteiger partial charge in [-0.25, -0.2) is 4.79 Å². The zero-order valence-electron chi connectivity index (χ0n) is 5.77. The number of fused-ring (bicyclic) bond motifs is 3. The van der Waals surface area contributed by atoms with E-state index in [9.17, 15) is 4.79 Å². The predicted molar refractivity (Wildman–Crippen MR) is 29.4 cm³/mol. The van der Waals surface area contributed by atoms with Crippen molar-refractivity contribution in [2.24, 2.45) is 0 Å². The Labute approximate surface area is 62.2 Å². The van der Waals surface area contributed by atoms with Gasteiger partial charge in [-0.15, -0.1) is 0 Å². The van der Waals surface area contributed by atoms with Crippen LogP contribution in [0, 0.1) is 0 Å². The van der Waals surface area contributed by atoms with Crippen molar-refractivity contribution >= 4 is 5.97 Å². The minimum atomic E-state index is -0.903. The normalized spacial score (nSPS) is 56.3. The topological polar surface area (TPSA) is 60.6 Å². The van der Waals surface area contributed by atoms with E-state index < -0.39 is 17.9 Å². The molecule has 4 unspecified atom stereocenters. The summed E-state index contributed by atoms with van der Waals surface area (Å²) in [7, 11) is 1.32. The standard InChI is InChI=1S/C6H6O5/c1-8-4(7)6-2-3(9-2)10-5(6)11-6/h2-3,5H,1H3. The van der Waals surface area contributed by atoms with Crippen LogP contribution in [-0.4, -0.2) is 37.4 Å². The number of ether oxygens (including phenoxy) is 4. The second-order valence-electron chi connectivity index (χ2n) is 2.80. The van der Waals surface area contributed by atoms with Crippen LogP contribution in [0.5, 0.6) is 0 Å². The summed E-state index contributed by atoms with van der Waals surface area (Å²) >= 11 is 0. The van der Waals surface area contributed by atoms with E-state index in [-0.39, 0.29) is 12.4 Å². The van der Waals surface area contributed by atoms with Crippen LogP contribution in [0.15, 0.2) is 0 Å². The van der Waals surface area contributed by atoms with Gasteiger partial charge in [-0.05, 0) is 0 Å². The summed E-state index contributed by atoms with van der Waals surface area (Å²) in [4.78, 5) is 11.1. The van der Waals surface area contributed by atoms with E-state index in [2.05, 4.69) is 4.74 Å². The average Bonchev–Trinajstić information content (AvgIpc) is 2.88. The molecule has 3 saturated heterocycles. The van der Waals surface area contributed by atoms with Gasteiger partial charge in [0.05, 0.1) is 7.11 Å². The number of esters is 1. The lowest BCUT2D eigenvalue weighted by molar-refractivity contribution is -0.147. The lowest BCUT2D eigenvalue weighted by Crippen LogP contribution is -2.32. The molecule has 0 aromatic rings. The van der Waals surface area contributed by atoms with Crippen molar-refractivity contribution in [2.45, 2.75) is 24.3 Å². The number of hydrogen-bond donors (Lipinski definition) is 0. The third-order valence-corrected chi connectivity index (χ3v) is 2.23. The molecule has 11 heavy (non-hydrogen) atoms. The molecule has 0 bridgehead atoms. The highest BCUT2D eigenvalue weighted by atomic mass is 16.9. The Morgan fingerprint density at radius 1 is 1.55 bits per heavy atom. The van der Waals surface area contributed by atoms with E-state index in [0.29, 0.717) is 0 Å². The van der Waals surface area contributed by atoms with Gasteiger partial charge < -0.3 is 18.9 Å². The van der Waals surface area contributed by atoms with E-state index in [0.717, 1.165) is 0 Å². The maximum absolute atomic E-state index is 11.1. The first-order chi connectivity index (χ1) is 5.29. The molecule has 0 aromatic heterocycles. The van der Waals surface area contributed by atoms with Crippen molar-refractivity contribution in [3.8, 4) is 0 Å². The molecule has 5 heteroatoms. The Hall–Kier alpha value is -0.650. The molecule has 0 aliphatic carbocycles. The highest BCUT2D eigenvalue weighted by Crippen LogP contribution is 2.58. The van der Waals surface area contributed by atoms with E-state index >= 15 is 0 Å². The predicted octanol–water partition coefficient (Wildman–Crippen LogP) is -0.990. The summed E-state index contributed by atoms with van der Waals surface area (Å²) in [5.74, 6) is -0.396. The summed E-state index contributed by atoms with van der Waals surface area (Å²) < 4.78 is 19.7. The summed E-state index contributed by atoms with van der Waals surface area (Å²) in [5, 5.41) is 0. The quantitative estimate of drug-likeness (QED) is 0.362. The molecule has 3 fully saturated rings. The first-order valence-corrected chi connectivity index (χ1v) is 3.36. The molecule has 5 nitrogen and oxygen atoms in total. The van der Waals surface area contributed by atoms with Gasteiger partial charge in [0.15, 0.2) is 12.4 Å². The Bertz CT molecular complexity index is 239. The van der Waals surface area contributed by atoms with Gasteiger partial charge in [0.25, 0.3) is 0 Å². The Morgan fingerprint density at radius 3 is 2.91 bits per heavy atom. The van der Waals surface area contributed by atoms with Crippen LogP contribution in [0.2, 0.25) is 0 Å². The number of carbonyl (C=O) groups is 1. The lowest BCUT2D eigenvalue weighted by atomic mass is 10.1. The van der Waals surface area contributed by atoms with Crippen LogP contribution in [-0.2, 0) is 23.7 Å². The molecule has 60 valence electrons. The van der Waals surface area contributed by atoms with Crippen molar-refractivity contribution in [3.05, 3.63) is 0 Å². The lowest BCUT2D eigenvalue weighted by Gasteiger charge is -2.01. The van der Waals surface area contributed by atoms with Crippen molar-refractivity contribution in [2.75, 3.05) is 7.11 Å². The number of methoxy groups -OCH3 is 1. The molecule has 0 radical (unpaired) electrons. The molecule has 3 aliphatic heterocycles. The van der Waals surface area contributed by atoms with E-state index in [1.807, 2.05) is 0 Å². The van der Waals surface area contributed by atoms with Crippen LogP contribution in [0.25, 0.3) is 0 Å². The molecule has 3 aliphatic rings. The van der Waals surface area contributed by atoms with Gasteiger partial charge in [0.1, 0.15) is 0 Å². The van der Waals surface area contributed by atoms with Gasteiger partial charge in [0, 0.05) is 0 Å². The molecule has 3 rings (SSSR count). The van der Waals surface area contributed by atoms with Crippen LogP contribution in [0.3, 0.4) is 0 Å². The smallest absolute Gasteiger partial charge is 0.346 e. The number of epoxide rings is 2. The fourth-order valence-corrected chi connectivity index (χ4v) is 1.52. The van der Waals surface area contributed by atoms with Crippen LogP contribution >= 0.6 is 0 Å². The summed E-state index contributed by atoms with van der Waals surface area (Å²) in [6.07, 6.45) is -0.869. The summed E-state index contributed by atoms with van der Waals surface area (Å²) in [5.41, 5.74) is -0.903.